The van der Waals surface area contributed by atoms with Crippen molar-refractivity contribution in [2.24, 2.45) is 11.7 Å². The Morgan fingerprint density at radius 1 is 1.53 bits per heavy atom. The highest BCUT2D eigenvalue weighted by atomic mass is 16.5. The van der Waals surface area contributed by atoms with Gasteiger partial charge in [0.05, 0.1) is 0 Å². The van der Waals surface area contributed by atoms with Gasteiger partial charge in [-0.15, -0.1) is 0 Å². The summed E-state index contributed by atoms with van der Waals surface area (Å²) in [5.41, 5.74) is 9.36. The van der Waals surface area contributed by atoms with Crippen LogP contribution in [-0.2, 0) is 11.2 Å². The van der Waals surface area contributed by atoms with Gasteiger partial charge >= 0.3 is 0 Å². The Morgan fingerprint density at radius 2 is 2.24 bits per heavy atom. The quantitative estimate of drug-likeness (QED) is 0.629. The molecule has 0 aliphatic heterocycles. The molecular weight excluding hydrogens is 212 g/mol. The molecule has 0 saturated heterocycles. The molecule has 0 aliphatic carbocycles. The number of methoxy groups -OCH3 is 1. The maximum absolute atomic E-state index is 5.80. The van der Waals surface area contributed by atoms with Crippen molar-refractivity contribution in [2.45, 2.75) is 33.4 Å². The summed E-state index contributed by atoms with van der Waals surface area (Å²) in [4.78, 5) is 4.29. The van der Waals surface area contributed by atoms with Crippen LogP contribution in [0.3, 0.4) is 0 Å². The van der Waals surface area contributed by atoms with Crippen molar-refractivity contribution >= 4 is 0 Å². The Morgan fingerprint density at radius 3 is 2.76 bits per heavy atom. The van der Waals surface area contributed by atoms with Crippen LogP contribution in [0.5, 0.6) is 0 Å². The molecule has 3 heteroatoms. The largest absolute Gasteiger partial charge is 0.366 e. The lowest BCUT2D eigenvalue weighted by Crippen LogP contribution is -2.29. The van der Waals surface area contributed by atoms with Crippen LogP contribution in [0.15, 0.2) is 30.0 Å². The van der Waals surface area contributed by atoms with Crippen LogP contribution in [-0.4, -0.2) is 18.3 Å². The van der Waals surface area contributed by atoms with E-state index in [1.165, 1.54) is 11.1 Å². The average molecular weight is 234 g/mol. The molecule has 0 aliphatic rings. The molecule has 17 heavy (non-hydrogen) atoms. The Bertz CT molecular complexity index is 370. The number of nitrogens with two attached hydrogens (primary N) is 1. The molecule has 0 saturated carbocycles. The van der Waals surface area contributed by atoms with Crippen molar-refractivity contribution < 1.29 is 4.74 Å². The average Bonchev–Trinajstić information content (AvgIpc) is 2.30. The third kappa shape index (κ3) is 4.67. The summed E-state index contributed by atoms with van der Waals surface area (Å²) in [6.45, 7) is 6.16. The van der Waals surface area contributed by atoms with E-state index in [0.717, 1.165) is 12.1 Å². The van der Waals surface area contributed by atoms with Crippen molar-refractivity contribution in [1.29, 1.82) is 0 Å². The SMILES string of the molecule is COC(N)C(C)/C=C(\C)Cc1ccc(C)nc1. The maximum atomic E-state index is 5.80. The number of allylic oxidation sites excluding steroid dienone is 1. The molecule has 2 unspecified atom stereocenters. The van der Waals surface area contributed by atoms with Gasteiger partial charge < -0.3 is 10.5 Å². The van der Waals surface area contributed by atoms with E-state index in [1.807, 2.05) is 19.2 Å². The van der Waals surface area contributed by atoms with E-state index in [9.17, 15) is 0 Å². The van der Waals surface area contributed by atoms with E-state index in [-0.39, 0.29) is 12.1 Å². The molecule has 2 atom stereocenters. The summed E-state index contributed by atoms with van der Waals surface area (Å²) < 4.78 is 5.10. The molecule has 0 bridgehead atoms. The molecule has 0 aromatic carbocycles. The first kappa shape index (κ1) is 13.9. The summed E-state index contributed by atoms with van der Waals surface area (Å²) in [6, 6.07) is 4.15. The van der Waals surface area contributed by atoms with Gasteiger partial charge in [0, 0.05) is 24.9 Å². The molecule has 0 radical (unpaired) electrons. The second-order valence-corrected chi connectivity index (χ2v) is 4.56. The number of ether oxygens (including phenoxy) is 1. The molecular formula is C14H22N2O. The van der Waals surface area contributed by atoms with Gasteiger partial charge in [0.2, 0.25) is 0 Å². The minimum atomic E-state index is -0.235. The van der Waals surface area contributed by atoms with Crippen molar-refractivity contribution in [1.82, 2.24) is 4.98 Å². The molecule has 1 rings (SSSR count). The number of pyridine rings is 1. The van der Waals surface area contributed by atoms with E-state index >= 15 is 0 Å². The van der Waals surface area contributed by atoms with E-state index in [4.69, 9.17) is 10.5 Å². The summed E-state index contributed by atoms with van der Waals surface area (Å²) in [6.07, 6.45) is 4.76. The third-order valence-electron chi connectivity index (χ3n) is 2.79. The molecule has 2 N–H and O–H groups in total. The lowest BCUT2D eigenvalue weighted by atomic mass is 10.0. The molecule has 0 amide bonds. The minimum Gasteiger partial charge on any atom is -0.366 e. The van der Waals surface area contributed by atoms with Crippen LogP contribution >= 0.6 is 0 Å². The first-order valence-electron chi connectivity index (χ1n) is 5.90. The minimum absolute atomic E-state index is 0.221. The lowest BCUT2D eigenvalue weighted by molar-refractivity contribution is 0.0796. The zero-order valence-electron chi connectivity index (χ0n) is 11.1. The number of aryl methyl sites for hydroxylation is 1. The van der Waals surface area contributed by atoms with Crippen LogP contribution in [0.2, 0.25) is 0 Å². The number of nitrogens with zero attached hydrogens (tertiary/aromatic N) is 1. The molecule has 0 fully saturated rings. The molecule has 0 spiro atoms. The molecule has 94 valence electrons. The highest BCUT2D eigenvalue weighted by Gasteiger charge is 2.08. The van der Waals surface area contributed by atoms with E-state index in [1.54, 1.807) is 7.11 Å². The van der Waals surface area contributed by atoms with Gasteiger partial charge in [-0.05, 0) is 31.9 Å². The summed E-state index contributed by atoms with van der Waals surface area (Å²) in [5.74, 6) is 0.221. The summed E-state index contributed by atoms with van der Waals surface area (Å²) in [7, 11) is 1.63. The van der Waals surface area contributed by atoms with E-state index in [0.29, 0.717) is 0 Å². The van der Waals surface area contributed by atoms with Gasteiger partial charge in [-0.25, -0.2) is 0 Å². The third-order valence-corrected chi connectivity index (χ3v) is 2.79. The Kier molecular flexibility index (Phi) is 5.32. The van der Waals surface area contributed by atoms with Crippen molar-refractivity contribution in [3.05, 3.63) is 41.2 Å². The van der Waals surface area contributed by atoms with Gasteiger partial charge in [0.1, 0.15) is 6.23 Å². The first-order valence-corrected chi connectivity index (χ1v) is 5.90. The summed E-state index contributed by atoms with van der Waals surface area (Å²) >= 11 is 0. The fourth-order valence-corrected chi connectivity index (χ4v) is 1.74. The van der Waals surface area contributed by atoms with Gasteiger partial charge in [-0.3, -0.25) is 4.98 Å². The number of rotatable bonds is 5. The van der Waals surface area contributed by atoms with Crippen LogP contribution in [0.4, 0.5) is 0 Å². The number of hydrogen-bond acceptors (Lipinski definition) is 3. The van der Waals surface area contributed by atoms with Crippen LogP contribution in [0.25, 0.3) is 0 Å². The Hall–Kier alpha value is -1.19. The highest BCUT2D eigenvalue weighted by molar-refractivity contribution is 5.20. The maximum Gasteiger partial charge on any atom is 0.111 e. The predicted molar refractivity (Wildman–Crippen MR) is 70.6 cm³/mol. The van der Waals surface area contributed by atoms with E-state index in [2.05, 4.69) is 31.0 Å². The van der Waals surface area contributed by atoms with Crippen molar-refractivity contribution in [2.75, 3.05) is 7.11 Å². The van der Waals surface area contributed by atoms with Gasteiger partial charge in [-0.1, -0.05) is 24.6 Å². The normalized spacial score (nSPS) is 15.7. The van der Waals surface area contributed by atoms with Crippen molar-refractivity contribution in [3.8, 4) is 0 Å². The van der Waals surface area contributed by atoms with Gasteiger partial charge in [0.15, 0.2) is 0 Å². The summed E-state index contributed by atoms with van der Waals surface area (Å²) in [5, 5.41) is 0. The number of hydrogen-bond donors (Lipinski definition) is 1. The van der Waals surface area contributed by atoms with E-state index < -0.39 is 0 Å². The molecule has 1 aromatic heterocycles. The topological polar surface area (TPSA) is 48.1 Å². The molecule has 1 aromatic rings. The first-order chi connectivity index (χ1) is 8.02. The zero-order chi connectivity index (χ0) is 12.8. The number of aromatic nitrogens is 1. The second-order valence-electron chi connectivity index (χ2n) is 4.56. The van der Waals surface area contributed by atoms with Gasteiger partial charge in [0.25, 0.3) is 0 Å². The lowest BCUT2D eigenvalue weighted by Gasteiger charge is -2.15. The van der Waals surface area contributed by atoms with Crippen molar-refractivity contribution in [3.63, 3.8) is 0 Å². The van der Waals surface area contributed by atoms with Crippen LogP contribution < -0.4 is 5.73 Å². The molecule has 1 heterocycles. The van der Waals surface area contributed by atoms with Crippen LogP contribution in [0.1, 0.15) is 25.1 Å². The second kappa shape index (κ2) is 6.52. The smallest absolute Gasteiger partial charge is 0.111 e. The fourth-order valence-electron chi connectivity index (χ4n) is 1.74. The standard InChI is InChI=1S/C14H22N2O/c1-10(7-11(2)14(15)17-4)8-13-6-5-12(3)16-9-13/h5-7,9,11,14H,8,15H2,1-4H3/b10-7+. The van der Waals surface area contributed by atoms with Gasteiger partial charge in [-0.2, -0.15) is 0 Å². The van der Waals surface area contributed by atoms with Crippen LogP contribution in [0, 0.1) is 12.8 Å². The zero-order valence-corrected chi connectivity index (χ0v) is 11.1. The fraction of sp³-hybridized carbons (Fsp3) is 0.500. The predicted octanol–water partition coefficient (Wildman–Crippen LogP) is 2.45. The highest BCUT2D eigenvalue weighted by Crippen LogP contribution is 2.12. The Balaban J connectivity index is 2.62. The monoisotopic (exact) mass is 234 g/mol. The molecule has 3 nitrogen and oxygen atoms in total. The Labute approximate surface area is 104 Å².